The molecule has 0 aliphatic carbocycles. The summed E-state index contributed by atoms with van der Waals surface area (Å²) in [5.41, 5.74) is 1.94. The van der Waals surface area contributed by atoms with Gasteiger partial charge in [-0.05, 0) is 24.3 Å². The lowest BCUT2D eigenvalue weighted by Gasteiger charge is -2.26. The molecule has 2 aromatic rings. The van der Waals surface area contributed by atoms with Crippen LogP contribution in [0.2, 0.25) is 0 Å². The van der Waals surface area contributed by atoms with E-state index in [1.54, 1.807) is 0 Å². The number of hydroxylamine groups is 1. The molecule has 0 aromatic heterocycles. The van der Waals surface area contributed by atoms with E-state index < -0.39 is 0 Å². The molecule has 0 fully saturated rings. The predicted molar refractivity (Wildman–Crippen MR) is 69.0 cm³/mol. The van der Waals surface area contributed by atoms with Gasteiger partial charge in [-0.25, -0.2) is 5.06 Å². The van der Waals surface area contributed by atoms with Gasteiger partial charge in [0, 0.05) is 6.21 Å². The maximum atomic E-state index is 5.82. The number of para-hydroxylation sites is 3. The van der Waals surface area contributed by atoms with Crippen molar-refractivity contribution >= 4 is 17.6 Å². The van der Waals surface area contributed by atoms with Gasteiger partial charge in [0.2, 0.25) is 0 Å². The summed E-state index contributed by atoms with van der Waals surface area (Å²) in [5, 5.41) is 1.84. The molecule has 0 amide bonds. The second kappa shape index (κ2) is 4.29. The Morgan fingerprint density at radius 2 is 1.71 bits per heavy atom. The van der Waals surface area contributed by atoms with Crippen LogP contribution in [0.1, 0.15) is 0 Å². The summed E-state index contributed by atoms with van der Waals surface area (Å²) >= 11 is 0. The maximum Gasteiger partial charge on any atom is 0.155 e. The summed E-state index contributed by atoms with van der Waals surface area (Å²) in [6, 6.07) is 17.7. The van der Waals surface area contributed by atoms with E-state index in [-0.39, 0.29) is 0 Å². The van der Waals surface area contributed by atoms with Gasteiger partial charge in [-0.3, -0.25) is 4.99 Å². The minimum absolute atomic E-state index is 0.659. The van der Waals surface area contributed by atoms with E-state index in [2.05, 4.69) is 4.99 Å². The van der Waals surface area contributed by atoms with Gasteiger partial charge in [0.1, 0.15) is 5.69 Å². The Morgan fingerprint density at radius 3 is 2.59 bits per heavy atom. The van der Waals surface area contributed by atoms with Gasteiger partial charge in [-0.15, -0.1) is 0 Å². The number of hydrogen-bond donors (Lipinski definition) is 0. The summed E-state index contributed by atoms with van der Waals surface area (Å²) in [5.74, 6) is 0.831. The quantitative estimate of drug-likeness (QED) is 0.782. The van der Waals surface area contributed by atoms with Crippen LogP contribution in [0.25, 0.3) is 0 Å². The first-order valence-corrected chi connectivity index (χ1v) is 5.55. The van der Waals surface area contributed by atoms with Crippen LogP contribution < -0.4 is 9.90 Å². The molecule has 0 radical (unpaired) electrons. The van der Waals surface area contributed by atoms with Crippen LogP contribution in [0.15, 0.2) is 59.6 Å². The van der Waals surface area contributed by atoms with Gasteiger partial charge in [-0.2, -0.15) is 0 Å². The van der Waals surface area contributed by atoms with E-state index in [0.717, 1.165) is 17.1 Å². The zero-order valence-electron chi connectivity index (χ0n) is 9.28. The van der Waals surface area contributed by atoms with Crippen LogP contribution in [0.3, 0.4) is 0 Å². The average molecular weight is 224 g/mol. The zero-order valence-corrected chi connectivity index (χ0v) is 9.28. The molecule has 1 heterocycles. The van der Waals surface area contributed by atoms with E-state index in [4.69, 9.17) is 4.84 Å². The van der Waals surface area contributed by atoms with Gasteiger partial charge < -0.3 is 4.84 Å². The Hall–Kier alpha value is -2.29. The molecule has 0 saturated heterocycles. The van der Waals surface area contributed by atoms with Crippen LogP contribution in [-0.4, -0.2) is 12.8 Å². The van der Waals surface area contributed by atoms with Crippen LogP contribution >= 0.6 is 0 Å². The van der Waals surface area contributed by atoms with Gasteiger partial charge in [0.15, 0.2) is 5.75 Å². The zero-order chi connectivity index (χ0) is 11.5. The monoisotopic (exact) mass is 224 g/mol. The number of rotatable bonds is 2. The normalized spacial score (nSPS) is 13.3. The first kappa shape index (κ1) is 9.90. The fourth-order valence-electron chi connectivity index (χ4n) is 1.79. The largest absolute Gasteiger partial charge is 0.379 e. The molecule has 0 unspecified atom stereocenters. The highest BCUT2D eigenvalue weighted by Gasteiger charge is 2.14. The van der Waals surface area contributed by atoms with Crippen molar-refractivity contribution < 1.29 is 4.84 Å². The van der Waals surface area contributed by atoms with Crippen LogP contribution in [0.5, 0.6) is 5.75 Å². The number of aliphatic imine (C=N–C) groups is 1. The van der Waals surface area contributed by atoms with Crippen molar-refractivity contribution in [1.29, 1.82) is 0 Å². The number of anilines is 1. The topological polar surface area (TPSA) is 24.8 Å². The molecule has 2 aromatic carbocycles. The minimum Gasteiger partial charge on any atom is -0.379 e. The van der Waals surface area contributed by atoms with Gasteiger partial charge in [-0.1, -0.05) is 30.3 Å². The molecule has 0 N–H and O–H groups in total. The van der Waals surface area contributed by atoms with Crippen LogP contribution in [0.4, 0.5) is 11.4 Å². The summed E-state index contributed by atoms with van der Waals surface area (Å²) in [6.45, 7) is 0.659. The molecule has 0 spiro atoms. The van der Waals surface area contributed by atoms with Crippen molar-refractivity contribution in [1.82, 2.24) is 0 Å². The second-order valence-corrected chi connectivity index (χ2v) is 3.77. The Labute approximate surface area is 99.9 Å². The molecule has 3 rings (SSSR count). The second-order valence-electron chi connectivity index (χ2n) is 3.77. The fourth-order valence-corrected chi connectivity index (χ4v) is 1.79. The Bertz CT molecular complexity index is 537. The standard InChI is InChI=1S/C14H12N2O/c1-2-6-12(7-3-1)17-16-11-10-15-13-8-4-5-9-14(13)16/h1-10H,11H2. The molecule has 0 bridgehead atoms. The number of hydrogen-bond acceptors (Lipinski definition) is 3. The molecule has 0 atom stereocenters. The van der Waals surface area contributed by atoms with Gasteiger partial charge in [0.25, 0.3) is 0 Å². The SMILES string of the molecule is C1=Nc2ccccc2N(Oc2ccccc2)C1. The van der Waals surface area contributed by atoms with Crippen LogP contribution in [0, 0.1) is 0 Å². The highest BCUT2D eigenvalue weighted by atomic mass is 16.7. The van der Waals surface area contributed by atoms with E-state index in [1.165, 1.54) is 0 Å². The summed E-state index contributed by atoms with van der Waals surface area (Å²) < 4.78 is 0. The third-order valence-electron chi connectivity index (χ3n) is 2.59. The van der Waals surface area contributed by atoms with E-state index in [0.29, 0.717) is 6.54 Å². The van der Waals surface area contributed by atoms with E-state index in [9.17, 15) is 0 Å². The molecule has 1 aliphatic rings. The summed E-state index contributed by atoms with van der Waals surface area (Å²) in [7, 11) is 0. The van der Waals surface area contributed by atoms with Crippen molar-refractivity contribution in [2.75, 3.05) is 11.6 Å². The lowest BCUT2D eigenvalue weighted by atomic mass is 10.2. The molecule has 3 heteroatoms. The van der Waals surface area contributed by atoms with Crippen molar-refractivity contribution in [2.45, 2.75) is 0 Å². The van der Waals surface area contributed by atoms with Gasteiger partial charge >= 0.3 is 0 Å². The van der Waals surface area contributed by atoms with Gasteiger partial charge in [0.05, 0.1) is 12.2 Å². The number of fused-ring (bicyclic) bond motifs is 1. The molecular weight excluding hydrogens is 212 g/mol. The van der Waals surface area contributed by atoms with Crippen molar-refractivity contribution in [3.05, 3.63) is 54.6 Å². The highest BCUT2D eigenvalue weighted by Crippen LogP contribution is 2.30. The third kappa shape index (κ3) is 1.99. The lowest BCUT2D eigenvalue weighted by molar-refractivity contribution is 0.294. The van der Waals surface area contributed by atoms with Crippen molar-refractivity contribution in [2.24, 2.45) is 4.99 Å². The smallest absolute Gasteiger partial charge is 0.155 e. The average Bonchev–Trinajstić information content (AvgIpc) is 2.40. The lowest BCUT2D eigenvalue weighted by Crippen LogP contribution is -2.30. The van der Waals surface area contributed by atoms with Crippen LogP contribution in [-0.2, 0) is 0 Å². The maximum absolute atomic E-state index is 5.82. The molecule has 0 saturated carbocycles. The fraction of sp³-hybridized carbons (Fsp3) is 0.0714. The molecule has 84 valence electrons. The summed E-state index contributed by atoms with van der Waals surface area (Å²) in [4.78, 5) is 10.2. The highest BCUT2D eigenvalue weighted by molar-refractivity contribution is 5.80. The third-order valence-corrected chi connectivity index (χ3v) is 2.59. The van der Waals surface area contributed by atoms with E-state index >= 15 is 0 Å². The number of benzene rings is 2. The minimum atomic E-state index is 0.659. The summed E-state index contributed by atoms with van der Waals surface area (Å²) in [6.07, 6.45) is 1.85. The van der Waals surface area contributed by atoms with Crippen molar-refractivity contribution in [3.8, 4) is 5.75 Å². The molecule has 1 aliphatic heterocycles. The Kier molecular flexibility index (Phi) is 2.50. The van der Waals surface area contributed by atoms with Crippen molar-refractivity contribution in [3.63, 3.8) is 0 Å². The molecule has 17 heavy (non-hydrogen) atoms. The first-order valence-electron chi connectivity index (χ1n) is 5.55. The number of nitrogens with zero attached hydrogens (tertiary/aromatic N) is 2. The Morgan fingerprint density at radius 1 is 0.941 bits per heavy atom. The van der Waals surface area contributed by atoms with E-state index in [1.807, 2.05) is 65.9 Å². The molecule has 3 nitrogen and oxygen atoms in total. The first-order chi connectivity index (χ1) is 8.43. The molecular formula is C14H12N2O. The Balaban J connectivity index is 1.88. The predicted octanol–water partition coefficient (Wildman–Crippen LogP) is 3.20.